The Kier molecular flexibility index (Phi) is 6.51. The summed E-state index contributed by atoms with van der Waals surface area (Å²) in [5.74, 6) is 0.839. The largest absolute Gasteiger partial charge is 0.444 e. The van der Waals surface area contributed by atoms with Gasteiger partial charge >= 0.3 is 6.09 Å². The Labute approximate surface area is 141 Å². The smallest absolute Gasteiger partial charge is 0.410 e. The average Bonchev–Trinajstić information content (AvgIpc) is 2.52. The topological polar surface area (TPSA) is 41.6 Å². The highest BCUT2D eigenvalue weighted by molar-refractivity contribution is 5.68. The van der Waals surface area contributed by atoms with E-state index < -0.39 is 5.60 Å². The third-order valence-electron chi connectivity index (χ3n) is 4.96. The van der Waals surface area contributed by atoms with E-state index in [0.717, 1.165) is 25.4 Å². The van der Waals surface area contributed by atoms with Crippen molar-refractivity contribution in [1.82, 2.24) is 10.2 Å². The van der Waals surface area contributed by atoms with Gasteiger partial charge in [0.05, 0.1) is 0 Å². The standard InChI is InChI=1S/C19H34N2O2/c1-15(17-8-6-5-7-9-17)20-14-16-10-12-21(13-11-16)18(22)23-19(2,3)4/h10,15,17,20H,5-9,11-14H2,1-4H3. The Morgan fingerprint density at radius 1 is 1.35 bits per heavy atom. The van der Waals surface area contributed by atoms with E-state index in [1.54, 1.807) is 4.90 Å². The van der Waals surface area contributed by atoms with Gasteiger partial charge in [-0.25, -0.2) is 4.79 Å². The number of amides is 1. The molecule has 1 aliphatic heterocycles. The van der Waals surface area contributed by atoms with Crippen LogP contribution in [0.3, 0.4) is 0 Å². The van der Waals surface area contributed by atoms with Gasteiger partial charge in [0.1, 0.15) is 5.60 Å². The zero-order valence-electron chi connectivity index (χ0n) is 15.4. The number of nitrogens with zero attached hydrogens (tertiary/aromatic N) is 1. The minimum absolute atomic E-state index is 0.198. The summed E-state index contributed by atoms with van der Waals surface area (Å²) < 4.78 is 5.43. The minimum Gasteiger partial charge on any atom is -0.444 e. The number of carbonyl (C=O) groups excluding carboxylic acids is 1. The van der Waals surface area contributed by atoms with Gasteiger partial charge in [0.2, 0.25) is 0 Å². The van der Waals surface area contributed by atoms with Crippen LogP contribution < -0.4 is 5.32 Å². The Bertz CT molecular complexity index is 420. The molecule has 0 saturated heterocycles. The van der Waals surface area contributed by atoms with E-state index in [2.05, 4.69) is 18.3 Å². The Hall–Kier alpha value is -1.03. The third kappa shape index (κ3) is 6.17. The van der Waals surface area contributed by atoms with Gasteiger partial charge in [0, 0.05) is 25.7 Å². The summed E-state index contributed by atoms with van der Waals surface area (Å²) in [5.41, 5.74) is 1.00. The first kappa shape index (κ1) is 18.3. The lowest BCUT2D eigenvalue weighted by Crippen LogP contribution is -2.41. The van der Waals surface area contributed by atoms with Gasteiger partial charge in [-0.1, -0.05) is 30.9 Å². The summed E-state index contributed by atoms with van der Waals surface area (Å²) in [6, 6.07) is 0.597. The molecule has 2 aliphatic rings. The molecule has 1 heterocycles. The fraction of sp³-hybridized carbons (Fsp3) is 0.842. The van der Waals surface area contributed by atoms with E-state index >= 15 is 0 Å². The second-order valence-electron chi connectivity index (χ2n) is 8.11. The van der Waals surface area contributed by atoms with Crippen molar-refractivity contribution in [1.29, 1.82) is 0 Å². The van der Waals surface area contributed by atoms with E-state index in [1.807, 2.05) is 20.8 Å². The fourth-order valence-corrected chi connectivity index (χ4v) is 3.46. The van der Waals surface area contributed by atoms with Gasteiger partial charge in [-0.15, -0.1) is 0 Å². The van der Waals surface area contributed by atoms with Crippen LogP contribution in [0.5, 0.6) is 0 Å². The normalized spacial score (nSPS) is 21.7. The molecule has 23 heavy (non-hydrogen) atoms. The van der Waals surface area contributed by atoms with Gasteiger partial charge in [-0.05, 0) is 52.9 Å². The molecular weight excluding hydrogens is 288 g/mol. The van der Waals surface area contributed by atoms with Gasteiger partial charge in [-0.3, -0.25) is 0 Å². The Morgan fingerprint density at radius 2 is 2.04 bits per heavy atom. The maximum atomic E-state index is 12.1. The predicted octanol–water partition coefficient (Wildman–Crippen LogP) is 4.11. The Morgan fingerprint density at radius 3 is 2.61 bits per heavy atom. The van der Waals surface area contributed by atoms with E-state index in [-0.39, 0.29) is 6.09 Å². The quantitative estimate of drug-likeness (QED) is 0.792. The van der Waals surface area contributed by atoms with Crippen LogP contribution in [0.1, 0.15) is 66.2 Å². The monoisotopic (exact) mass is 322 g/mol. The molecule has 1 aliphatic carbocycles. The molecule has 1 unspecified atom stereocenters. The van der Waals surface area contributed by atoms with Crippen molar-refractivity contribution < 1.29 is 9.53 Å². The van der Waals surface area contributed by atoms with Gasteiger partial charge in [0.15, 0.2) is 0 Å². The molecule has 1 atom stereocenters. The minimum atomic E-state index is -0.419. The number of ether oxygens (including phenoxy) is 1. The van der Waals surface area contributed by atoms with Crippen LogP contribution in [0.2, 0.25) is 0 Å². The summed E-state index contributed by atoms with van der Waals surface area (Å²) >= 11 is 0. The summed E-state index contributed by atoms with van der Waals surface area (Å²) in [4.78, 5) is 13.8. The molecule has 0 aromatic carbocycles. The Balaban J connectivity index is 1.72. The van der Waals surface area contributed by atoms with Crippen molar-refractivity contribution >= 4 is 6.09 Å². The molecule has 1 fully saturated rings. The van der Waals surface area contributed by atoms with Crippen molar-refractivity contribution in [3.63, 3.8) is 0 Å². The molecule has 1 N–H and O–H groups in total. The van der Waals surface area contributed by atoms with Crippen LogP contribution in [0.15, 0.2) is 11.6 Å². The molecule has 0 spiro atoms. The second-order valence-corrected chi connectivity index (χ2v) is 8.11. The lowest BCUT2D eigenvalue weighted by atomic mass is 9.84. The zero-order valence-corrected chi connectivity index (χ0v) is 15.4. The number of hydrogen-bond acceptors (Lipinski definition) is 3. The number of nitrogens with one attached hydrogen (secondary N) is 1. The van der Waals surface area contributed by atoms with Gasteiger partial charge in [-0.2, -0.15) is 0 Å². The van der Waals surface area contributed by atoms with E-state index in [4.69, 9.17) is 4.74 Å². The van der Waals surface area contributed by atoms with Crippen molar-refractivity contribution in [2.75, 3.05) is 19.6 Å². The number of hydrogen-bond donors (Lipinski definition) is 1. The molecular formula is C19H34N2O2. The van der Waals surface area contributed by atoms with Gasteiger partial charge in [0.25, 0.3) is 0 Å². The van der Waals surface area contributed by atoms with Crippen molar-refractivity contribution in [3.8, 4) is 0 Å². The summed E-state index contributed by atoms with van der Waals surface area (Å²) in [6.45, 7) is 10.4. The lowest BCUT2D eigenvalue weighted by molar-refractivity contribution is 0.0265. The van der Waals surface area contributed by atoms with Crippen LogP contribution in [0, 0.1) is 5.92 Å². The third-order valence-corrected chi connectivity index (χ3v) is 4.96. The van der Waals surface area contributed by atoms with Gasteiger partial charge < -0.3 is 15.0 Å². The van der Waals surface area contributed by atoms with E-state index in [0.29, 0.717) is 12.6 Å². The second kappa shape index (κ2) is 8.18. The first-order valence-electron chi connectivity index (χ1n) is 9.24. The molecule has 2 rings (SSSR count). The predicted molar refractivity (Wildman–Crippen MR) is 94.5 cm³/mol. The highest BCUT2D eigenvalue weighted by Gasteiger charge is 2.24. The molecule has 1 amide bonds. The van der Waals surface area contributed by atoms with Crippen molar-refractivity contribution in [2.45, 2.75) is 77.9 Å². The molecule has 0 bridgehead atoms. The number of rotatable bonds is 4. The average molecular weight is 322 g/mol. The van der Waals surface area contributed by atoms with Crippen LogP contribution in [0.25, 0.3) is 0 Å². The SMILES string of the molecule is CC(NCC1=CCN(C(=O)OC(C)(C)C)CC1)C1CCCCC1. The summed E-state index contributed by atoms with van der Waals surface area (Å²) in [6.07, 6.45) is 9.89. The maximum absolute atomic E-state index is 12.1. The molecule has 4 heteroatoms. The van der Waals surface area contributed by atoms with E-state index in [1.165, 1.54) is 37.7 Å². The molecule has 1 saturated carbocycles. The van der Waals surface area contributed by atoms with Crippen LogP contribution in [0.4, 0.5) is 4.79 Å². The summed E-state index contributed by atoms with van der Waals surface area (Å²) in [7, 11) is 0. The fourth-order valence-electron chi connectivity index (χ4n) is 3.46. The molecule has 0 radical (unpaired) electrons. The first-order valence-corrected chi connectivity index (χ1v) is 9.24. The molecule has 132 valence electrons. The lowest BCUT2D eigenvalue weighted by Gasteiger charge is -2.31. The molecule has 0 aromatic heterocycles. The van der Waals surface area contributed by atoms with Crippen molar-refractivity contribution in [2.24, 2.45) is 5.92 Å². The number of carbonyl (C=O) groups is 1. The zero-order chi connectivity index (χ0) is 16.9. The molecule has 0 aromatic rings. The summed E-state index contributed by atoms with van der Waals surface area (Å²) in [5, 5.41) is 3.70. The highest BCUT2D eigenvalue weighted by Crippen LogP contribution is 2.26. The molecule has 4 nitrogen and oxygen atoms in total. The maximum Gasteiger partial charge on any atom is 0.410 e. The van der Waals surface area contributed by atoms with Crippen LogP contribution in [-0.4, -0.2) is 42.3 Å². The van der Waals surface area contributed by atoms with E-state index in [9.17, 15) is 4.79 Å². The van der Waals surface area contributed by atoms with Crippen LogP contribution in [-0.2, 0) is 4.74 Å². The van der Waals surface area contributed by atoms with Crippen LogP contribution >= 0.6 is 0 Å². The van der Waals surface area contributed by atoms with Crippen molar-refractivity contribution in [3.05, 3.63) is 11.6 Å². The first-order chi connectivity index (χ1) is 10.8. The highest BCUT2D eigenvalue weighted by atomic mass is 16.6.